The molecule has 0 aliphatic heterocycles. The standard InChI is InChI=1S/C15H22N2O2/c1-10-3-2-4-12(7-5-10)17-14-9-11(15(18)19)6-8-13(14)16/h6,8-10,12,17H,2-5,7,16H2,1H3,(H,18,19). The molecule has 0 radical (unpaired) electrons. The number of aromatic carboxylic acids is 1. The molecule has 0 saturated heterocycles. The summed E-state index contributed by atoms with van der Waals surface area (Å²) < 4.78 is 0. The number of anilines is 2. The molecule has 0 bridgehead atoms. The molecule has 0 heterocycles. The lowest BCUT2D eigenvalue weighted by Crippen LogP contribution is -2.19. The maximum Gasteiger partial charge on any atom is 0.335 e. The van der Waals surface area contributed by atoms with Crippen LogP contribution in [0.4, 0.5) is 11.4 Å². The van der Waals surface area contributed by atoms with Gasteiger partial charge < -0.3 is 16.2 Å². The number of hydrogen-bond donors (Lipinski definition) is 3. The molecule has 4 nitrogen and oxygen atoms in total. The largest absolute Gasteiger partial charge is 0.478 e. The molecule has 4 N–H and O–H groups in total. The minimum absolute atomic E-state index is 0.277. The molecule has 1 aromatic rings. The molecule has 4 heteroatoms. The first-order chi connectivity index (χ1) is 9.06. The van der Waals surface area contributed by atoms with Crippen molar-refractivity contribution >= 4 is 17.3 Å². The van der Waals surface area contributed by atoms with Crippen LogP contribution in [0.3, 0.4) is 0 Å². The molecule has 104 valence electrons. The van der Waals surface area contributed by atoms with Crippen LogP contribution < -0.4 is 11.1 Å². The topological polar surface area (TPSA) is 75.3 Å². The molecule has 2 rings (SSSR count). The molecule has 1 saturated carbocycles. The summed E-state index contributed by atoms with van der Waals surface area (Å²) in [5, 5.41) is 12.4. The van der Waals surface area contributed by atoms with Crippen LogP contribution >= 0.6 is 0 Å². The van der Waals surface area contributed by atoms with E-state index in [1.807, 2.05) is 0 Å². The van der Waals surface area contributed by atoms with Gasteiger partial charge in [0.2, 0.25) is 0 Å². The van der Waals surface area contributed by atoms with Gasteiger partial charge in [0.1, 0.15) is 0 Å². The summed E-state index contributed by atoms with van der Waals surface area (Å²) in [5.41, 5.74) is 7.56. The number of nitrogens with one attached hydrogen (secondary N) is 1. The highest BCUT2D eigenvalue weighted by atomic mass is 16.4. The fourth-order valence-corrected chi connectivity index (χ4v) is 2.67. The van der Waals surface area contributed by atoms with Crippen LogP contribution in [-0.4, -0.2) is 17.1 Å². The van der Waals surface area contributed by atoms with Crippen LogP contribution in [0.5, 0.6) is 0 Å². The number of benzene rings is 1. The smallest absolute Gasteiger partial charge is 0.335 e. The average Bonchev–Trinajstić information content (AvgIpc) is 2.57. The molecule has 2 unspecified atom stereocenters. The van der Waals surface area contributed by atoms with E-state index in [9.17, 15) is 4.79 Å². The summed E-state index contributed by atoms with van der Waals surface area (Å²) in [4.78, 5) is 11.0. The van der Waals surface area contributed by atoms with E-state index < -0.39 is 5.97 Å². The lowest BCUT2D eigenvalue weighted by Gasteiger charge is -2.19. The van der Waals surface area contributed by atoms with E-state index >= 15 is 0 Å². The summed E-state index contributed by atoms with van der Waals surface area (Å²) in [6, 6.07) is 5.23. The molecule has 1 fully saturated rings. The molecule has 0 amide bonds. The zero-order valence-corrected chi connectivity index (χ0v) is 11.4. The predicted octanol–water partition coefficient (Wildman–Crippen LogP) is 3.35. The summed E-state index contributed by atoms with van der Waals surface area (Å²) in [7, 11) is 0. The molecule has 1 aromatic carbocycles. The van der Waals surface area contributed by atoms with Crippen LogP contribution in [0.2, 0.25) is 0 Å². The molecule has 0 aromatic heterocycles. The van der Waals surface area contributed by atoms with Crippen molar-refractivity contribution in [3.05, 3.63) is 23.8 Å². The van der Waals surface area contributed by atoms with Crippen molar-refractivity contribution in [1.82, 2.24) is 0 Å². The zero-order valence-electron chi connectivity index (χ0n) is 11.4. The van der Waals surface area contributed by atoms with Gasteiger partial charge in [0.15, 0.2) is 0 Å². The van der Waals surface area contributed by atoms with Gasteiger partial charge in [-0.3, -0.25) is 0 Å². The maximum absolute atomic E-state index is 11.0. The maximum atomic E-state index is 11.0. The van der Waals surface area contributed by atoms with Gasteiger partial charge >= 0.3 is 5.97 Å². The molecule has 1 aliphatic carbocycles. The molecule has 19 heavy (non-hydrogen) atoms. The van der Waals surface area contributed by atoms with Crippen LogP contribution in [0.15, 0.2) is 18.2 Å². The fraction of sp³-hybridized carbons (Fsp3) is 0.533. The number of carboxylic acid groups (broad SMARTS) is 1. The van der Waals surface area contributed by atoms with E-state index in [1.165, 1.54) is 25.3 Å². The second-order valence-electron chi connectivity index (χ2n) is 5.56. The molecule has 2 atom stereocenters. The van der Waals surface area contributed by atoms with Crippen molar-refractivity contribution in [3.63, 3.8) is 0 Å². The van der Waals surface area contributed by atoms with Crippen molar-refractivity contribution in [1.29, 1.82) is 0 Å². The van der Waals surface area contributed by atoms with Crippen molar-refractivity contribution in [2.75, 3.05) is 11.1 Å². The lowest BCUT2D eigenvalue weighted by atomic mass is 10.0. The highest BCUT2D eigenvalue weighted by Gasteiger charge is 2.17. The summed E-state index contributed by atoms with van der Waals surface area (Å²) in [6.07, 6.45) is 5.97. The first kappa shape index (κ1) is 13.7. The molecular formula is C15H22N2O2. The van der Waals surface area contributed by atoms with Crippen molar-refractivity contribution in [2.45, 2.75) is 45.1 Å². The van der Waals surface area contributed by atoms with Gasteiger partial charge in [0.25, 0.3) is 0 Å². The SMILES string of the molecule is CC1CCCC(Nc2cc(C(=O)O)ccc2N)CC1. The van der Waals surface area contributed by atoms with Gasteiger partial charge in [-0.1, -0.05) is 19.8 Å². The number of rotatable bonds is 3. The summed E-state index contributed by atoms with van der Waals surface area (Å²) in [6.45, 7) is 2.29. The van der Waals surface area contributed by atoms with E-state index in [0.717, 1.165) is 24.4 Å². The van der Waals surface area contributed by atoms with Crippen LogP contribution in [0.1, 0.15) is 49.4 Å². The normalized spacial score (nSPS) is 23.6. The highest BCUT2D eigenvalue weighted by Crippen LogP contribution is 2.27. The highest BCUT2D eigenvalue weighted by molar-refractivity contribution is 5.90. The third-order valence-corrected chi connectivity index (χ3v) is 3.92. The number of hydrogen-bond acceptors (Lipinski definition) is 3. The van der Waals surface area contributed by atoms with Crippen molar-refractivity contribution in [2.24, 2.45) is 5.92 Å². The Balaban J connectivity index is 2.09. The summed E-state index contributed by atoms with van der Waals surface area (Å²) in [5.74, 6) is -0.132. The van der Waals surface area contributed by atoms with E-state index in [-0.39, 0.29) is 5.56 Å². The number of nitrogens with two attached hydrogens (primary N) is 1. The Hall–Kier alpha value is -1.71. The zero-order chi connectivity index (χ0) is 13.8. The van der Waals surface area contributed by atoms with Crippen LogP contribution in [0, 0.1) is 5.92 Å². The van der Waals surface area contributed by atoms with Gasteiger partial charge in [-0.15, -0.1) is 0 Å². The van der Waals surface area contributed by atoms with Gasteiger partial charge in [-0.05, 0) is 43.4 Å². The van der Waals surface area contributed by atoms with Gasteiger partial charge in [0, 0.05) is 6.04 Å². The number of carbonyl (C=O) groups is 1. The Kier molecular flexibility index (Phi) is 4.30. The Morgan fingerprint density at radius 3 is 2.84 bits per heavy atom. The fourth-order valence-electron chi connectivity index (χ4n) is 2.67. The third kappa shape index (κ3) is 3.63. The number of nitrogen functional groups attached to an aromatic ring is 1. The van der Waals surface area contributed by atoms with Crippen molar-refractivity contribution < 1.29 is 9.90 Å². The first-order valence-corrected chi connectivity index (χ1v) is 6.95. The van der Waals surface area contributed by atoms with E-state index in [2.05, 4.69) is 12.2 Å². The molecular weight excluding hydrogens is 240 g/mol. The monoisotopic (exact) mass is 262 g/mol. The third-order valence-electron chi connectivity index (χ3n) is 3.92. The van der Waals surface area contributed by atoms with E-state index in [1.54, 1.807) is 12.1 Å². The quantitative estimate of drug-likeness (QED) is 0.577. The molecule has 0 spiro atoms. The van der Waals surface area contributed by atoms with Crippen LogP contribution in [-0.2, 0) is 0 Å². The second-order valence-corrected chi connectivity index (χ2v) is 5.56. The van der Waals surface area contributed by atoms with Gasteiger partial charge in [-0.25, -0.2) is 4.79 Å². The van der Waals surface area contributed by atoms with Gasteiger partial charge in [-0.2, -0.15) is 0 Å². The van der Waals surface area contributed by atoms with E-state index in [0.29, 0.717) is 11.7 Å². The Morgan fingerprint density at radius 1 is 1.32 bits per heavy atom. The van der Waals surface area contributed by atoms with Crippen LogP contribution in [0.25, 0.3) is 0 Å². The minimum atomic E-state index is -0.919. The Morgan fingerprint density at radius 2 is 2.11 bits per heavy atom. The van der Waals surface area contributed by atoms with E-state index in [4.69, 9.17) is 10.8 Å². The lowest BCUT2D eigenvalue weighted by molar-refractivity contribution is 0.0697. The first-order valence-electron chi connectivity index (χ1n) is 6.95. The van der Waals surface area contributed by atoms with Gasteiger partial charge in [0.05, 0.1) is 16.9 Å². The molecule has 1 aliphatic rings. The van der Waals surface area contributed by atoms with Crippen molar-refractivity contribution in [3.8, 4) is 0 Å². The minimum Gasteiger partial charge on any atom is -0.478 e. The Bertz CT molecular complexity index is 459. The number of carboxylic acids is 1. The summed E-state index contributed by atoms with van der Waals surface area (Å²) >= 11 is 0. The Labute approximate surface area is 114 Å². The predicted molar refractivity (Wildman–Crippen MR) is 77.5 cm³/mol. The second kappa shape index (κ2) is 5.95. The average molecular weight is 262 g/mol.